The van der Waals surface area contributed by atoms with Gasteiger partial charge in [0.15, 0.2) is 0 Å². The van der Waals surface area contributed by atoms with Crippen molar-refractivity contribution in [1.82, 2.24) is 4.72 Å². The van der Waals surface area contributed by atoms with E-state index in [1.807, 2.05) is 38.1 Å². The minimum Gasteiger partial charge on any atom is -0.372 e. The quantitative estimate of drug-likeness (QED) is 0.708. The number of rotatable bonds is 7. The molecule has 0 bridgehead atoms. The first-order chi connectivity index (χ1) is 14.3. The van der Waals surface area contributed by atoms with Crippen LogP contribution in [0.4, 0.5) is 11.4 Å². The summed E-state index contributed by atoms with van der Waals surface area (Å²) >= 11 is 0. The van der Waals surface area contributed by atoms with Gasteiger partial charge < -0.3 is 10.2 Å². The van der Waals surface area contributed by atoms with Gasteiger partial charge in [-0.3, -0.25) is 14.5 Å². The Hall–Kier alpha value is -2.87. The molecular formula is C22H28N4O3S. The Kier molecular flexibility index (Phi) is 6.45. The van der Waals surface area contributed by atoms with E-state index in [0.29, 0.717) is 11.3 Å². The largest absolute Gasteiger partial charge is 0.372 e. The highest BCUT2D eigenvalue weighted by atomic mass is 32.2. The molecule has 2 N–H and O–H groups in total. The maximum absolute atomic E-state index is 12.9. The van der Waals surface area contributed by atoms with Crippen LogP contribution in [0.1, 0.15) is 33.3 Å². The van der Waals surface area contributed by atoms with Gasteiger partial charge in [-0.2, -0.15) is 0 Å². The molecule has 160 valence electrons. The minimum absolute atomic E-state index is 0.121. The lowest BCUT2D eigenvalue weighted by molar-refractivity contribution is -0.118. The van der Waals surface area contributed by atoms with E-state index in [1.54, 1.807) is 18.2 Å². The number of aliphatic imine (C=N–C) groups is 1. The molecule has 0 aromatic heterocycles. The zero-order chi connectivity index (χ0) is 21.9. The van der Waals surface area contributed by atoms with E-state index < -0.39 is 16.1 Å². The number of carbonyl (C=O) groups is 1. The van der Waals surface area contributed by atoms with Gasteiger partial charge in [-0.25, -0.2) is 8.42 Å². The standard InChI is InChI=1S/C22H28N4O3S/c1-5-26(6-2)17-13-11-16(12-14-17)23-22(27)20(15(3)4)24-21-18-9-7-8-10-19(18)30(28,29)25-21/h7-15,20H,5-6H2,1-4H3,(H,23,27)(H,24,25)/t20-/m0/s1. The Morgan fingerprint density at radius 3 is 2.30 bits per heavy atom. The molecule has 0 saturated heterocycles. The monoisotopic (exact) mass is 428 g/mol. The van der Waals surface area contributed by atoms with Crippen LogP contribution in [0.2, 0.25) is 0 Å². The summed E-state index contributed by atoms with van der Waals surface area (Å²) in [5, 5.41) is 2.90. The number of amides is 1. The topological polar surface area (TPSA) is 90.9 Å². The molecule has 0 radical (unpaired) electrons. The molecule has 1 atom stereocenters. The number of hydrogen-bond acceptors (Lipinski definition) is 5. The van der Waals surface area contributed by atoms with Gasteiger partial charge in [-0.15, -0.1) is 0 Å². The third-order valence-electron chi connectivity index (χ3n) is 5.09. The van der Waals surface area contributed by atoms with E-state index >= 15 is 0 Å². The number of nitrogens with one attached hydrogen (secondary N) is 2. The summed E-state index contributed by atoms with van der Waals surface area (Å²) < 4.78 is 27.1. The predicted octanol–water partition coefficient (Wildman–Crippen LogP) is 3.23. The molecule has 7 nitrogen and oxygen atoms in total. The van der Waals surface area contributed by atoms with Crippen LogP contribution in [0.3, 0.4) is 0 Å². The molecule has 2 aromatic carbocycles. The highest BCUT2D eigenvalue weighted by molar-refractivity contribution is 7.90. The van der Waals surface area contributed by atoms with Crippen LogP contribution in [0.25, 0.3) is 0 Å². The molecule has 0 aliphatic carbocycles. The highest BCUT2D eigenvalue weighted by Gasteiger charge is 2.32. The number of sulfonamides is 1. The van der Waals surface area contributed by atoms with Gasteiger partial charge in [0.1, 0.15) is 11.9 Å². The number of amidine groups is 1. The van der Waals surface area contributed by atoms with Crippen molar-refractivity contribution in [2.24, 2.45) is 10.9 Å². The number of carbonyl (C=O) groups excluding carboxylic acids is 1. The zero-order valence-corrected chi connectivity index (χ0v) is 18.5. The SMILES string of the molecule is CCN(CC)c1ccc(NC(=O)[C@@H](N=C2NS(=O)(=O)c3ccccc32)C(C)C)cc1. The van der Waals surface area contributed by atoms with Crippen molar-refractivity contribution < 1.29 is 13.2 Å². The van der Waals surface area contributed by atoms with Crippen LogP contribution < -0.4 is 14.9 Å². The van der Waals surface area contributed by atoms with Gasteiger partial charge in [0.25, 0.3) is 10.0 Å². The average Bonchev–Trinajstić information content (AvgIpc) is 2.98. The number of fused-ring (bicyclic) bond motifs is 1. The maximum Gasteiger partial charge on any atom is 0.263 e. The van der Waals surface area contributed by atoms with E-state index in [4.69, 9.17) is 0 Å². The second-order valence-corrected chi connectivity index (χ2v) is 9.13. The molecule has 0 spiro atoms. The van der Waals surface area contributed by atoms with Crippen molar-refractivity contribution >= 4 is 33.1 Å². The van der Waals surface area contributed by atoms with Crippen LogP contribution in [0.15, 0.2) is 58.4 Å². The van der Waals surface area contributed by atoms with Gasteiger partial charge in [-0.05, 0) is 56.2 Å². The molecule has 1 heterocycles. The third kappa shape index (κ3) is 4.48. The molecule has 0 fully saturated rings. The summed E-state index contributed by atoms with van der Waals surface area (Å²) in [5.74, 6) is -0.197. The Bertz CT molecular complexity index is 1040. The molecule has 2 aromatic rings. The normalized spacial score (nSPS) is 16.8. The Morgan fingerprint density at radius 1 is 1.07 bits per heavy atom. The summed E-state index contributed by atoms with van der Waals surface area (Å²) in [6.45, 7) is 9.78. The van der Waals surface area contributed by atoms with E-state index in [2.05, 4.69) is 33.8 Å². The van der Waals surface area contributed by atoms with Crippen LogP contribution >= 0.6 is 0 Å². The van der Waals surface area contributed by atoms with Gasteiger partial charge >= 0.3 is 0 Å². The fourth-order valence-electron chi connectivity index (χ4n) is 3.44. The van der Waals surface area contributed by atoms with Gasteiger partial charge in [0, 0.05) is 30.0 Å². The number of nitrogens with zero attached hydrogens (tertiary/aromatic N) is 2. The van der Waals surface area contributed by atoms with Crippen LogP contribution in [0.5, 0.6) is 0 Å². The first kappa shape index (κ1) is 21.8. The van der Waals surface area contributed by atoms with Gasteiger partial charge in [-0.1, -0.05) is 26.0 Å². The summed E-state index contributed by atoms with van der Waals surface area (Å²) in [4.78, 5) is 19.8. The van der Waals surface area contributed by atoms with E-state index in [9.17, 15) is 13.2 Å². The van der Waals surface area contributed by atoms with Crippen molar-refractivity contribution in [3.63, 3.8) is 0 Å². The predicted molar refractivity (Wildman–Crippen MR) is 121 cm³/mol. The van der Waals surface area contributed by atoms with Gasteiger partial charge in [0.05, 0.1) is 4.90 Å². The molecule has 8 heteroatoms. The van der Waals surface area contributed by atoms with E-state index in [0.717, 1.165) is 18.8 Å². The minimum atomic E-state index is -3.65. The Labute approximate surface area is 178 Å². The molecular weight excluding hydrogens is 400 g/mol. The van der Waals surface area contributed by atoms with E-state index in [-0.39, 0.29) is 22.6 Å². The van der Waals surface area contributed by atoms with Crippen LogP contribution in [0, 0.1) is 5.92 Å². The van der Waals surface area contributed by atoms with E-state index in [1.165, 1.54) is 6.07 Å². The Balaban J connectivity index is 1.82. The van der Waals surface area contributed by atoms with Crippen molar-refractivity contribution in [2.75, 3.05) is 23.3 Å². The van der Waals surface area contributed by atoms with Crippen LogP contribution in [-0.2, 0) is 14.8 Å². The second-order valence-electron chi connectivity index (χ2n) is 7.48. The third-order valence-corrected chi connectivity index (χ3v) is 6.49. The van der Waals surface area contributed by atoms with Crippen molar-refractivity contribution in [3.8, 4) is 0 Å². The molecule has 1 amide bonds. The average molecular weight is 429 g/mol. The fraction of sp³-hybridized carbons (Fsp3) is 0.364. The maximum atomic E-state index is 12.9. The first-order valence-electron chi connectivity index (χ1n) is 10.1. The molecule has 1 aliphatic rings. The molecule has 1 aliphatic heterocycles. The van der Waals surface area contributed by atoms with Gasteiger partial charge in [0.2, 0.25) is 5.91 Å². The number of anilines is 2. The smallest absolute Gasteiger partial charge is 0.263 e. The lowest BCUT2D eigenvalue weighted by Gasteiger charge is -2.21. The first-order valence-corrected chi connectivity index (χ1v) is 11.6. The number of benzene rings is 2. The second kappa shape index (κ2) is 8.87. The summed E-state index contributed by atoms with van der Waals surface area (Å²) in [6.07, 6.45) is 0. The zero-order valence-electron chi connectivity index (χ0n) is 17.7. The lowest BCUT2D eigenvalue weighted by atomic mass is 10.0. The lowest BCUT2D eigenvalue weighted by Crippen LogP contribution is -2.34. The fourth-order valence-corrected chi connectivity index (χ4v) is 4.68. The van der Waals surface area contributed by atoms with Crippen molar-refractivity contribution in [3.05, 3.63) is 54.1 Å². The summed E-state index contributed by atoms with van der Waals surface area (Å²) in [6, 6.07) is 13.6. The number of hydrogen-bond donors (Lipinski definition) is 2. The summed E-state index contributed by atoms with van der Waals surface area (Å²) in [7, 11) is -3.65. The highest BCUT2D eigenvalue weighted by Crippen LogP contribution is 2.24. The van der Waals surface area contributed by atoms with Crippen molar-refractivity contribution in [1.29, 1.82) is 0 Å². The van der Waals surface area contributed by atoms with Crippen LogP contribution in [-0.4, -0.2) is 39.3 Å². The molecule has 0 saturated carbocycles. The summed E-state index contributed by atoms with van der Waals surface area (Å²) in [5.41, 5.74) is 2.25. The molecule has 0 unspecified atom stereocenters. The molecule has 30 heavy (non-hydrogen) atoms. The van der Waals surface area contributed by atoms with Crippen molar-refractivity contribution in [2.45, 2.75) is 38.6 Å². The Morgan fingerprint density at radius 2 is 1.70 bits per heavy atom. The molecule has 3 rings (SSSR count).